The van der Waals surface area contributed by atoms with Crippen LogP contribution in [0.25, 0.3) is 5.69 Å². The molecule has 1 amide bonds. The summed E-state index contributed by atoms with van der Waals surface area (Å²) in [6.07, 6.45) is -5.06. The van der Waals surface area contributed by atoms with Gasteiger partial charge in [0.15, 0.2) is 5.69 Å². The van der Waals surface area contributed by atoms with Crippen LogP contribution in [0.1, 0.15) is 29.9 Å². The van der Waals surface area contributed by atoms with Crippen LogP contribution in [0.3, 0.4) is 0 Å². The summed E-state index contributed by atoms with van der Waals surface area (Å²) in [4.78, 5) is 37.0. The van der Waals surface area contributed by atoms with Gasteiger partial charge in [0.1, 0.15) is 0 Å². The number of nitrogens with one attached hydrogen (secondary N) is 1. The van der Waals surface area contributed by atoms with Crippen LogP contribution in [0.4, 0.5) is 13.2 Å². The van der Waals surface area contributed by atoms with Crippen molar-refractivity contribution in [3.05, 3.63) is 61.4 Å². The number of aromatic nitrogens is 2. The molecule has 0 unspecified atom stereocenters. The second kappa shape index (κ2) is 8.96. The summed E-state index contributed by atoms with van der Waals surface area (Å²) in [5.74, 6) is 3.98. The van der Waals surface area contributed by atoms with E-state index < -0.39 is 44.8 Å². The predicted octanol–water partition coefficient (Wildman–Crippen LogP) is 0.948. The highest BCUT2D eigenvalue weighted by Crippen LogP contribution is 2.26. The number of nitrogens with two attached hydrogens (primary N) is 1. The SMILES string of the molecule is CC(C)CN(C)S(=O)(=O)NC(=O)c1cc(-n2c(=O)cc(C(F)(F)F)n(N)c2=O)ccc1Cl. The molecule has 0 aliphatic heterocycles. The van der Waals surface area contributed by atoms with Gasteiger partial charge in [-0.2, -0.15) is 25.9 Å². The number of nitrogen functional groups attached to an aromatic ring is 1. The normalized spacial score (nSPS) is 12.4. The highest BCUT2D eigenvalue weighted by molar-refractivity contribution is 7.87. The zero-order chi connectivity index (χ0) is 24.6. The first-order chi connectivity index (χ1) is 14.6. The molecule has 176 valence electrons. The third-order valence-electron chi connectivity index (χ3n) is 4.13. The Kier molecular flexibility index (Phi) is 7.11. The molecule has 10 nitrogen and oxygen atoms in total. The second-order valence-electron chi connectivity index (χ2n) is 7.13. The number of nitrogens with zero attached hydrogens (tertiary/aromatic N) is 3. The van der Waals surface area contributed by atoms with Gasteiger partial charge in [0.2, 0.25) is 0 Å². The van der Waals surface area contributed by atoms with Crippen LogP contribution < -0.4 is 21.8 Å². The summed E-state index contributed by atoms with van der Waals surface area (Å²) in [7, 11) is -3.00. The molecule has 0 spiro atoms. The summed E-state index contributed by atoms with van der Waals surface area (Å²) in [6, 6.07) is 3.14. The fraction of sp³-hybridized carbons (Fsp3) is 0.353. The Labute approximate surface area is 185 Å². The highest BCUT2D eigenvalue weighted by Gasteiger charge is 2.36. The number of amides is 1. The van der Waals surface area contributed by atoms with Gasteiger partial charge in [-0.05, 0) is 24.1 Å². The number of halogens is 4. The molecule has 1 heterocycles. The maximum atomic E-state index is 12.9. The molecule has 0 atom stereocenters. The van der Waals surface area contributed by atoms with Gasteiger partial charge < -0.3 is 5.84 Å². The van der Waals surface area contributed by atoms with Crippen molar-refractivity contribution in [2.45, 2.75) is 20.0 Å². The largest absolute Gasteiger partial charge is 0.433 e. The monoisotopic (exact) mass is 497 g/mol. The molecule has 0 radical (unpaired) electrons. The van der Waals surface area contributed by atoms with E-state index in [9.17, 15) is 36.0 Å². The van der Waals surface area contributed by atoms with Gasteiger partial charge >= 0.3 is 22.1 Å². The Morgan fingerprint density at radius 2 is 1.84 bits per heavy atom. The minimum atomic E-state index is -5.06. The Morgan fingerprint density at radius 3 is 2.38 bits per heavy atom. The van der Waals surface area contributed by atoms with Gasteiger partial charge in [-0.15, -0.1) is 0 Å². The molecule has 0 aliphatic carbocycles. The highest BCUT2D eigenvalue weighted by atomic mass is 35.5. The fourth-order valence-electron chi connectivity index (χ4n) is 2.70. The van der Waals surface area contributed by atoms with Crippen molar-refractivity contribution in [1.29, 1.82) is 0 Å². The summed E-state index contributed by atoms with van der Waals surface area (Å²) >= 11 is 5.95. The first-order valence-corrected chi connectivity index (χ1v) is 10.7. The van der Waals surface area contributed by atoms with Gasteiger partial charge in [0.05, 0.1) is 16.3 Å². The quantitative estimate of drug-likeness (QED) is 0.570. The summed E-state index contributed by atoms with van der Waals surface area (Å²) in [6.45, 7) is 3.63. The van der Waals surface area contributed by atoms with Crippen molar-refractivity contribution in [2.24, 2.45) is 5.92 Å². The lowest BCUT2D eigenvalue weighted by atomic mass is 10.2. The molecule has 32 heavy (non-hydrogen) atoms. The molecule has 0 saturated heterocycles. The maximum Gasteiger partial charge on any atom is 0.433 e. The van der Waals surface area contributed by atoms with Crippen molar-refractivity contribution in [1.82, 2.24) is 18.3 Å². The Hall–Kier alpha value is -2.84. The topological polar surface area (TPSA) is 136 Å². The van der Waals surface area contributed by atoms with E-state index in [0.29, 0.717) is 0 Å². The Balaban J connectivity index is 2.53. The van der Waals surface area contributed by atoms with Crippen molar-refractivity contribution in [2.75, 3.05) is 19.4 Å². The molecule has 0 saturated carbocycles. The standard InChI is InChI=1S/C17H19ClF3N5O5S/c1-9(2)8-24(3)32(30,31)23-15(28)11-6-10(4-5-12(11)18)25-14(27)7-13(17(19,20)21)26(22)16(25)29/h4-7,9H,8,22H2,1-3H3,(H,23,28). The van der Waals surface area contributed by atoms with Crippen molar-refractivity contribution >= 4 is 27.7 Å². The van der Waals surface area contributed by atoms with Crippen LogP contribution in [0.5, 0.6) is 0 Å². The molecular weight excluding hydrogens is 479 g/mol. The lowest BCUT2D eigenvalue weighted by molar-refractivity contribution is -0.143. The third-order valence-corrected chi connectivity index (χ3v) is 5.88. The van der Waals surface area contributed by atoms with E-state index in [-0.39, 0.29) is 38.5 Å². The molecule has 3 N–H and O–H groups in total. The fourth-order valence-corrected chi connectivity index (χ4v) is 3.90. The van der Waals surface area contributed by atoms with Gasteiger partial charge in [-0.3, -0.25) is 9.59 Å². The lowest BCUT2D eigenvalue weighted by Gasteiger charge is -2.19. The average molecular weight is 498 g/mol. The zero-order valence-electron chi connectivity index (χ0n) is 17.0. The summed E-state index contributed by atoms with van der Waals surface area (Å²) in [5.41, 5.74) is -5.38. The zero-order valence-corrected chi connectivity index (χ0v) is 18.5. The maximum absolute atomic E-state index is 12.9. The summed E-state index contributed by atoms with van der Waals surface area (Å²) in [5, 5.41) is -0.235. The first-order valence-electron chi connectivity index (χ1n) is 8.86. The van der Waals surface area contributed by atoms with Crippen molar-refractivity contribution in [3.8, 4) is 5.69 Å². The number of hydrogen-bond donors (Lipinski definition) is 2. The molecule has 0 fully saturated rings. The van der Waals surface area contributed by atoms with Gasteiger partial charge in [0.25, 0.3) is 11.5 Å². The van der Waals surface area contributed by atoms with Crippen molar-refractivity contribution in [3.63, 3.8) is 0 Å². The molecule has 1 aromatic carbocycles. The van der Waals surface area contributed by atoms with E-state index in [0.717, 1.165) is 22.5 Å². The van der Waals surface area contributed by atoms with Crippen LogP contribution in [0.15, 0.2) is 33.9 Å². The second-order valence-corrected chi connectivity index (χ2v) is 9.31. The first kappa shape index (κ1) is 25.4. The van der Waals surface area contributed by atoms with Crippen LogP contribution in [0, 0.1) is 5.92 Å². The molecule has 0 aliphatic rings. The van der Waals surface area contributed by atoms with Crippen LogP contribution in [-0.2, 0) is 16.4 Å². The molecular formula is C17H19ClF3N5O5S. The van der Waals surface area contributed by atoms with Crippen molar-refractivity contribution < 1.29 is 26.4 Å². The Bertz CT molecular complexity index is 1270. The number of rotatable bonds is 6. The third kappa shape index (κ3) is 5.31. The van der Waals surface area contributed by atoms with E-state index in [2.05, 4.69) is 0 Å². The summed E-state index contributed by atoms with van der Waals surface area (Å²) < 4.78 is 66.2. The predicted molar refractivity (Wildman–Crippen MR) is 110 cm³/mol. The average Bonchev–Trinajstić information content (AvgIpc) is 2.64. The van der Waals surface area contributed by atoms with E-state index in [1.165, 1.54) is 7.05 Å². The van der Waals surface area contributed by atoms with Gasteiger partial charge in [-0.25, -0.2) is 18.8 Å². The molecule has 2 rings (SSSR count). The molecule has 1 aromatic heterocycles. The number of alkyl halides is 3. The number of hydrogen-bond acceptors (Lipinski definition) is 6. The number of carbonyl (C=O) groups is 1. The molecule has 0 bridgehead atoms. The Morgan fingerprint density at radius 1 is 1.25 bits per heavy atom. The molecule has 2 aromatic rings. The van der Waals surface area contributed by atoms with Crippen LogP contribution >= 0.6 is 11.6 Å². The minimum absolute atomic E-state index is 0.0384. The van der Waals surface area contributed by atoms with E-state index in [1.54, 1.807) is 18.6 Å². The minimum Gasteiger partial charge on any atom is -0.335 e. The number of carbonyl (C=O) groups excluding carboxylic acids is 1. The molecule has 15 heteroatoms. The smallest absolute Gasteiger partial charge is 0.335 e. The van der Waals surface area contributed by atoms with Crippen LogP contribution in [0.2, 0.25) is 5.02 Å². The van der Waals surface area contributed by atoms with E-state index in [1.807, 2.05) is 0 Å². The lowest BCUT2D eigenvalue weighted by Crippen LogP contribution is -2.45. The van der Waals surface area contributed by atoms with Gasteiger partial charge in [-0.1, -0.05) is 25.4 Å². The van der Waals surface area contributed by atoms with E-state index >= 15 is 0 Å². The van der Waals surface area contributed by atoms with Crippen LogP contribution in [-0.4, -0.2) is 41.5 Å². The number of benzene rings is 1. The van der Waals surface area contributed by atoms with E-state index in [4.69, 9.17) is 17.4 Å². The van der Waals surface area contributed by atoms with Gasteiger partial charge in [0, 0.05) is 19.7 Å².